The topological polar surface area (TPSA) is 55.1 Å². The molecule has 1 aromatic carbocycles. The van der Waals surface area contributed by atoms with E-state index in [1.807, 2.05) is 26.0 Å². The molecule has 3 nitrogen and oxygen atoms in total. The molecule has 3 N–H and O–H groups in total. The number of benzene rings is 1. The second-order valence-corrected chi connectivity index (χ2v) is 4.29. The first-order valence-electron chi connectivity index (χ1n) is 5.31. The molecule has 16 heavy (non-hydrogen) atoms. The maximum absolute atomic E-state index is 11.5. The molecular weight excluding hydrogens is 224 g/mol. The first-order valence-corrected chi connectivity index (χ1v) is 5.69. The second-order valence-electron chi connectivity index (χ2n) is 3.88. The van der Waals surface area contributed by atoms with Gasteiger partial charge in [-0.05, 0) is 44.0 Å². The van der Waals surface area contributed by atoms with Gasteiger partial charge in [0.15, 0.2) is 0 Å². The number of halogens is 1. The quantitative estimate of drug-likeness (QED) is 0.850. The van der Waals surface area contributed by atoms with Crippen molar-refractivity contribution in [1.82, 2.24) is 0 Å². The molecule has 0 aliphatic heterocycles. The zero-order chi connectivity index (χ0) is 12.1. The highest BCUT2D eigenvalue weighted by Gasteiger charge is 2.08. The minimum Gasteiger partial charge on any atom is -0.330 e. The number of anilines is 1. The molecular formula is C12H17ClN2O. The van der Waals surface area contributed by atoms with Crippen molar-refractivity contribution in [2.75, 3.05) is 11.9 Å². The third-order valence-electron chi connectivity index (χ3n) is 2.30. The van der Waals surface area contributed by atoms with E-state index >= 15 is 0 Å². The molecule has 88 valence electrons. The molecule has 0 spiro atoms. The van der Waals surface area contributed by atoms with Crippen LogP contribution in [0.1, 0.15) is 24.0 Å². The Hall–Kier alpha value is -1.06. The standard InChI is InChI=1S/C12H17ClN2O/c1-8-6-9(2)12(10(13)7-8)15-11(16)4-3-5-14/h6-7H,3-5,14H2,1-2H3,(H,15,16). The van der Waals surface area contributed by atoms with Crippen LogP contribution in [0.5, 0.6) is 0 Å². The molecule has 1 rings (SSSR count). The van der Waals surface area contributed by atoms with Crippen LogP contribution in [-0.2, 0) is 4.79 Å². The Bertz CT molecular complexity index is 368. The molecule has 0 atom stereocenters. The summed E-state index contributed by atoms with van der Waals surface area (Å²) < 4.78 is 0. The predicted octanol–water partition coefficient (Wildman–Crippen LogP) is 2.63. The zero-order valence-corrected chi connectivity index (χ0v) is 10.4. The van der Waals surface area contributed by atoms with Gasteiger partial charge in [0.1, 0.15) is 0 Å². The largest absolute Gasteiger partial charge is 0.330 e. The Morgan fingerprint density at radius 3 is 2.69 bits per heavy atom. The van der Waals surface area contributed by atoms with Crippen molar-refractivity contribution in [1.29, 1.82) is 0 Å². The number of carbonyl (C=O) groups excluding carboxylic acids is 1. The van der Waals surface area contributed by atoms with Gasteiger partial charge in [-0.2, -0.15) is 0 Å². The lowest BCUT2D eigenvalue weighted by atomic mass is 10.1. The van der Waals surface area contributed by atoms with E-state index in [0.29, 0.717) is 30.1 Å². The van der Waals surface area contributed by atoms with Gasteiger partial charge in [-0.1, -0.05) is 17.7 Å². The summed E-state index contributed by atoms with van der Waals surface area (Å²) in [4.78, 5) is 11.5. The van der Waals surface area contributed by atoms with Gasteiger partial charge < -0.3 is 11.1 Å². The monoisotopic (exact) mass is 240 g/mol. The summed E-state index contributed by atoms with van der Waals surface area (Å²) in [6.07, 6.45) is 1.12. The maximum atomic E-state index is 11.5. The molecule has 0 aliphatic rings. The van der Waals surface area contributed by atoms with Crippen molar-refractivity contribution in [3.63, 3.8) is 0 Å². The lowest BCUT2D eigenvalue weighted by Crippen LogP contribution is -2.14. The summed E-state index contributed by atoms with van der Waals surface area (Å²) in [6, 6.07) is 3.83. The van der Waals surface area contributed by atoms with Crippen LogP contribution < -0.4 is 11.1 Å². The highest BCUT2D eigenvalue weighted by Crippen LogP contribution is 2.27. The molecule has 0 saturated carbocycles. The number of nitrogens with one attached hydrogen (secondary N) is 1. The fraction of sp³-hybridized carbons (Fsp3) is 0.417. The van der Waals surface area contributed by atoms with E-state index in [4.69, 9.17) is 17.3 Å². The molecule has 0 unspecified atom stereocenters. The number of carbonyl (C=O) groups is 1. The minimum atomic E-state index is -0.0423. The smallest absolute Gasteiger partial charge is 0.224 e. The molecule has 0 fully saturated rings. The average Bonchev–Trinajstić information content (AvgIpc) is 2.20. The van der Waals surface area contributed by atoms with Crippen molar-refractivity contribution in [2.45, 2.75) is 26.7 Å². The van der Waals surface area contributed by atoms with Gasteiger partial charge in [-0.15, -0.1) is 0 Å². The molecule has 0 saturated heterocycles. The van der Waals surface area contributed by atoms with Crippen LogP contribution in [0, 0.1) is 13.8 Å². The van der Waals surface area contributed by atoms with Crippen molar-refractivity contribution < 1.29 is 4.79 Å². The van der Waals surface area contributed by atoms with Gasteiger partial charge in [0, 0.05) is 6.42 Å². The molecule has 0 heterocycles. The Labute approximate surface area is 101 Å². The van der Waals surface area contributed by atoms with Crippen LogP contribution in [0.25, 0.3) is 0 Å². The van der Waals surface area contributed by atoms with Gasteiger partial charge in [-0.25, -0.2) is 0 Å². The normalized spacial score (nSPS) is 10.2. The number of rotatable bonds is 4. The van der Waals surface area contributed by atoms with E-state index < -0.39 is 0 Å². The summed E-state index contributed by atoms with van der Waals surface area (Å²) in [7, 11) is 0. The molecule has 0 bridgehead atoms. The van der Waals surface area contributed by atoms with Crippen LogP contribution in [-0.4, -0.2) is 12.5 Å². The van der Waals surface area contributed by atoms with Gasteiger partial charge >= 0.3 is 0 Å². The first kappa shape index (κ1) is 13.0. The van der Waals surface area contributed by atoms with Gasteiger partial charge in [0.25, 0.3) is 0 Å². The molecule has 0 aliphatic carbocycles. The minimum absolute atomic E-state index is 0.0423. The summed E-state index contributed by atoms with van der Waals surface area (Å²) in [6.45, 7) is 4.42. The molecule has 1 aromatic rings. The third kappa shape index (κ3) is 3.51. The third-order valence-corrected chi connectivity index (χ3v) is 2.60. The average molecular weight is 241 g/mol. The number of aryl methyl sites for hydroxylation is 2. The van der Waals surface area contributed by atoms with Crippen molar-refractivity contribution in [3.8, 4) is 0 Å². The van der Waals surface area contributed by atoms with Crippen LogP contribution in [0.4, 0.5) is 5.69 Å². The van der Waals surface area contributed by atoms with E-state index in [9.17, 15) is 4.79 Å². The van der Waals surface area contributed by atoms with Crippen LogP contribution in [0.15, 0.2) is 12.1 Å². The first-order chi connectivity index (χ1) is 7.54. The van der Waals surface area contributed by atoms with E-state index in [1.54, 1.807) is 0 Å². The SMILES string of the molecule is Cc1cc(C)c(NC(=O)CCCN)c(Cl)c1. The molecule has 4 heteroatoms. The van der Waals surface area contributed by atoms with E-state index in [1.165, 1.54) is 0 Å². The second kappa shape index (κ2) is 5.87. The fourth-order valence-electron chi connectivity index (χ4n) is 1.54. The number of amides is 1. The van der Waals surface area contributed by atoms with Gasteiger partial charge in [-0.3, -0.25) is 4.79 Å². The van der Waals surface area contributed by atoms with Crippen molar-refractivity contribution in [3.05, 3.63) is 28.3 Å². The van der Waals surface area contributed by atoms with E-state index in [2.05, 4.69) is 5.32 Å². The molecule has 0 aromatic heterocycles. The summed E-state index contributed by atoms with van der Waals surface area (Å²) in [5, 5.41) is 3.40. The predicted molar refractivity (Wildman–Crippen MR) is 67.8 cm³/mol. The lowest BCUT2D eigenvalue weighted by molar-refractivity contribution is -0.116. The molecule has 1 amide bonds. The summed E-state index contributed by atoms with van der Waals surface area (Å²) >= 11 is 6.07. The van der Waals surface area contributed by atoms with E-state index in [-0.39, 0.29) is 5.91 Å². The maximum Gasteiger partial charge on any atom is 0.224 e. The van der Waals surface area contributed by atoms with Crippen molar-refractivity contribution in [2.24, 2.45) is 5.73 Å². The number of nitrogens with two attached hydrogens (primary N) is 1. The Morgan fingerprint density at radius 1 is 1.44 bits per heavy atom. The Morgan fingerprint density at radius 2 is 2.12 bits per heavy atom. The summed E-state index contributed by atoms with van der Waals surface area (Å²) in [5.74, 6) is -0.0423. The summed E-state index contributed by atoms with van der Waals surface area (Å²) in [5.41, 5.74) is 8.11. The highest BCUT2D eigenvalue weighted by atomic mass is 35.5. The zero-order valence-electron chi connectivity index (χ0n) is 9.64. The molecule has 0 radical (unpaired) electrons. The Balaban J connectivity index is 2.77. The van der Waals surface area contributed by atoms with Gasteiger partial charge in [0.05, 0.1) is 10.7 Å². The van der Waals surface area contributed by atoms with Crippen molar-refractivity contribution >= 4 is 23.2 Å². The lowest BCUT2D eigenvalue weighted by Gasteiger charge is -2.11. The van der Waals surface area contributed by atoms with Gasteiger partial charge in [0.2, 0.25) is 5.91 Å². The number of hydrogen-bond acceptors (Lipinski definition) is 2. The van der Waals surface area contributed by atoms with Crippen LogP contribution in [0.3, 0.4) is 0 Å². The highest BCUT2D eigenvalue weighted by molar-refractivity contribution is 6.34. The fourth-order valence-corrected chi connectivity index (χ4v) is 1.91. The van der Waals surface area contributed by atoms with Crippen LogP contribution >= 0.6 is 11.6 Å². The number of hydrogen-bond donors (Lipinski definition) is 2. The Kier molecular flexibility index (Phi) is 4.77. The van der Waals surface area contributed by atoms with Crippen LogP contribution in [0.2, 0.25) is 5.02 Å². The van der Waals surface area contributed by atoms with E-state index in [0.717, 1.165) is 11.1 Å².